The van der Waals surface area contributed by atoms with Gasteiger partial charge in [0.15, 0.2) is 17.2 Å². The molecule has 0 aliphatic rings. The smallest absolute Gasteiger partial charge is 0.246 e. The molecule has 16 heavy (non-hydrogen) atoms. The highest BCUT2D eigenvalue weighted by molar-refractivity contribution is 5.92. The zero-order chi connectivity index (χ0) is 12.3. The molecule has 0 radical (unpaired) electrons. The van der Waals surface area contributed by atoms with Gasteiger partial charge in [-0.05, 0) is 24.6 Å². The maximum atomic E-state index is 11.2. The van der Waals surface area contributed by atoms with Crippen molar-refractivity contribution < 1.29 is 20.1 Å². The minimum atomic E-state index is -0.574. The van der Waals surface area contributed by atoms with E-state index in [0.29, 0.717) is 11.1 Å². The van der Waals surface area contributed by atoms with Gasteiger partial charge in [0.1, 0.15) is 0 Å². The van der Waals surface area contributed by atoms with Gasteiger partial charge in [0.05, 0.1) is 0 Å². The summed E-state index contributed by atoms with van der Waals surface area (Å²) < 4.78 is 0. The molecule has 0 bridgehead atoms. The molecule has 5 nitrogen and oxygen atoms in total. The number of phenols is 3. The fourth-order valence-corrected chi connectivity index (χ4v) is 1.10. The Hall–Kier alpha value is -2.17. The molecule has 1 amide bonds. The van der Waals surface area contributed by atoms with E-state index >= 15 is 0 Å². The highest BCUT2D eigenvalue weighted by Gasteiger charge is 2.08. The van der Waals surface area contributed by atoms with Crippen LogP contribution in [0.1, 0.15) is 12.5 Å². The molecule has 1 aromatic rings. The summed E-state index contributed by atoms with van der Waals surface area (Å²) in [6, 6.07) is 2.52. The van der Waals surface area contributed by atoms with Crippen LogP contribution in [0.25, 0.3) is 0 Å². The monoisotopic (exact) mass is 223 g/mol. The van der Waals surface area contributed by atoms with Crippen LogP contribution >= 0.6 is 0 Å². The Labute approximate surface area is 92.7 Å². The van der Waals surface area contributed by atoms with Crippen LogP contribution < -0.4 is 5.32 Å². The number of benzene rings is 1. The Balaban J connectivity index is 2.76. The lowest BCUT2D eigenvalue weighted by atomic mass is 10.2. The molecule has 0 saturated carbocycles. The lowest BCUT2D eigenvalue weighted by Gasteiger charge is -2.07. The number of hydrogen-bond donors (Lipinski definition) is 4. The van der Waals surface area contributed by atoms with Crippen LogP contribution in [0, 0.1) is 0 Å². The zero-order valence-electron chi connectivity index (χ0n) is 8.82. The lowest BCUT2D eigenvalue weighted by molar-refractivity contribution is -0.117. The third-order valence-corrected chi connectivity index (χ3v) is 1.97. The molecule has 1 rings (SSSR count). The van der Waals surface area contributed by atoms with Crippen LogP contribution in [-0.2, 0) is 11.3 Å². The molecule has 0 aromatic heterocycles. The molecule has 0 atom stereocenters. The minimum Gasteiger partial charge on any atom is -0.504 e. The highest BCUT2D eigenvalue weighted by Crippen LogP contribution is 2.35. The van der Waals surface area contributed by atoms with Crippen molar-refractivity contribution in [2.75, 3.05) is 0 Å². The fourth-order valence-electron chi connectivity index (χ4n) is 1.10. The average Bonchev–Trinajstić information content (AvgIpc) is 2.22. The summed E-state index contributed by atoms with van der Waals surface area (Å²) in [6.45, 7) is 5.17. The highest BCUT2D eigenvalue weighted by atomic mass is 16.3. The van der Waals surface area contributed by atoms with Gasteiger partial charge in [0.25, 0.3) is 0 Å². The van der Waals surface area contributed by atoms with E-state index in [-0.39, 0.29) is 12.5 Å². The van der Waals surface area contributed by atoms with E-state index in [1.807, 2.05) is 0 Å². The van der Waals surface area contributed by atoms with Crippen LogP contribution in [0.2, 0.25) is 0 Å². The van der Waals surface area contributed by atoms with Crippen LogP contribution in [0.3, 0.4) is 0 Å². The largest absolute Gasteiger partial charge is 0.504 e. The first kappa shape index (κ1) is 11.9. The summed E-state index contributed by atoms with van der Waals surface area (Å²) in [7, 11) is 0. The first-order valence-electron chi connectivity index (χ1n) is 4.59. The van der Waals surface area contributed by atoms with Gasteiger partial charge in [-0.15, -0.1) is 0 Å². The molecule has 4 N–H and O–H groups in total. The average molecular weight is 223 g/mol. The Kier molecular flexibility index (Phi) is 3.40. The van der Waals surface area contributed by atoms with Crippen LogP contribution in [0.15, 0.2) is 24.3 Å². The maximum absolute atomic E-state index is 11.2. The van der Waals surface area contributed by atoms with Gasteiger partial charge in [0, 0.05) is 12.1 Å². The molecule has 0 aliphatic heterocycles. The molecule has 5 heteroatoms. The van der Waals surface area contributed by atoms with E-state index in [9.17, 15) is 15.0 Å². The molecular formula is C11H13NO4. The molecule has 0 saturated heterocycles. The van der Waals surface area contributed by atoms with Gasteiger partial charge < -0.3 is 20.6 Å². The number of carbonyl (C=O) groups excluding carboxylic acids is 1. The molecule has 0 spiro atoms. The van der Waals surface area contributed by atoms with Gasteiger partial charge in [0.2, 0.25) is 5.91 Å². The second-order valence-corrected chi connectivity index (χ2v) is 3.45. The van der Waals surface area contributed by atoms with Gasteiger partial charge >= 0.3 is 0 Å². The van der Waals surface area contributed by atoms with Crippen molar-refractivity contribution in [1.29, 1.82) is 0 Å². The second-order valence-electron chi connectivity index (χ2n) is 3.45. The molecule has 0 fully saturated rings. The SMILES string of the molecule is C=C(C)C(=O)NCc1cc(O)c(O)c(O)c1. The van der Waals surface area contributed by atoms with Crippen molar-refractivity contribution >= 4 is 5.91 Å². The summed E-state index contributed by atoms with van der Waals surface area (Å²) in [6.07, 6.45) is 0. The molecule has 1 aromatic carbocycles. The summed E-state index contributed by atoms with van der Waals surface area (Å²) in [4.78, 5) is 11.2. The Morgan fingerprint density at radius 3 is 2.25 bits per heavy atom. The standard InChI is InChI=1S/C11H13NO4/c1-6(2)11(16)12-5-7-3-8(13)10(15)9(14)4-7/h3-4,13-15H,1,5H2,2H3,(H,12,16). The quantitative estimate of drug-likeness (QED) is 0.454. The Bertz CT molecular complexity index is 417. The summed E-state index contributed by atoms with van der Waals surface area (Å²) >= 11 is 0. The third-order valence-electron chi connectivity index (χ3n) is 1.97. The van der Waals surface area contributed by atoms with E-state index in [1.165, 1.54) is 12.1 Å². The van der Waals surface area contributed by atoms with E-state index in [2.05, 4.69) is 11.9 Å². The topological polar surface area (TPSA) is 89.8 Å². The third kappa shape index (κ3) is 2.66. The van der Waals surface area contributed by atoms with Crippen molar-refractivity contribution in [3.63, 3.8) is 0 Å². The van der Waals surface area contributed by atoms with E-state index in [0.717, 1.165) is 0 Å². The second kappa shape index (κ2) is 4.57. The number of hydrogen-bond acceptors (Lipinski definition) is 4. The van der Waals surface area contributed by atoms with E-state index < -0.39 is 17.2 Å². The number of aromatic hydroxyl groups is 3. The van der Waals surface area contributed by atoms with Crippen LogP contribution in [0.5, 0.6) is 17.2 Å². The molecular weight excluding hydrogens is 210 g/mol. The van der Waals surface area contributed by atoms with Gasteiger partial charge in [-0.1, -0.05) is 6.58 Å². The van der Waals surface area contributed by atoms with E-state index in [1.54, 1.807) is 6.92 Å². The Morgan fingerprint density at radius 2 is 1.81 bits per heavy atom. The molecule has 86 valence electrons. The van der Waals surface area contributed by atoms with Crippen molar-refractivity contribution in [2.45, 2.75) is 13.5 Å². The van der Waals surface area contributed by atoms with Gasteiger partial charge in [-0.3, -0.25) is 4.79 Å². The van der Waals surface area contributed by atoms with Crippen molar-refractivity contribution in [2.24, 2.45) is 0 Å². The van der Waals surface area contributed by atoms with Crippen LogP contribution in [0.4, 0.5) is 0 Å². The van der Waals surface area contributed by atoms with Gasteiger partial charge in [-0.2, -0.15) is 0 Å². The number of carbonyl (C=O) groups is 1. The molecule has 0 heterocycles. The predicted octanol–water partition coefficient (Wildman–Crippen LogP) is 0.996. The first-order valence-corrected chi connectivity index (χ1v) is 4.59. The van der Waals surface area contributed by atoms with E-state index in [4.69, 9.17) is 5.11 Å². The fraction of sp³-hybridized carbons (Fsp3) is 0.182. The normalized spacial score (nSPS) is 9.81. The van der Waals surface area contributed by atoms with Crippen LogP contribution in [-0.4, -0.2) is 21.2 Å². The summed E-state index contributed by atoms with van der Waals surface area (Å²) in [5.41, 5.74) is 0.842. The number of phenolic OH excluding ortho intramolecular Hbond substituents is 3. The first-order chi connectivity index (χ1) is 7.41. The maximum Gasteiger partial charge on any atom is 0.246 e. The lowest BCUT2D eigenvalue weighted by Crippen LogP contribution is -2.22. The van der Waals surface area contributed by atoms with Crippen molar-refractivity contribution in [3.8, 4) is 17.2 Å². The molecule has 0 aliphatic carbocycles. The summed E-state index contributed by atoms with van der Waals surface area (Å²) in [5, 5.41) is 30.1. The summed E-state index contributed by atoms with van der Waals surface area (Å²) in [5.74, 6) is -1.75. The number of nitrogens with one attached hydrogen (secondary N) is 1. The van der Waals surface area contributed by atoms with Crippen molar-refractivity contribution in [1.82, 2.24) is 5.32 Å². The zero-order valence-corrected chi connectivity index (χ0v) is 8.82. The van der Waals surface area contributed by atoms with Crippen molar-refractivity contribution in [3.05, 3.63) is 29.8 Å². The Morgan fingerprint density at radius 1 is 1.31 bits per heavy atom. The minimum absolute atomic E-state index is 0.132. The number of rotatable bonds is 3. The molecule has 0 unspecified atom stereocenters. The predicted molar refractivity (Wildman–Crippen MR) is 58.1 cm³/mol. The van der Waals surface area contributed by atoms with Gasteiger partial charge in [-0.25, -0.2) is 0 Å². The number of amides is 1.